The molecule has 0 atom stereocenters. The molecule has 0 bridgehead atoms. The van der Waals surface area contributed by atoms with Crippen molar-refractivity contribution in [2.45, 2.75) is 0 Å². The van der Waals surface area contributed by atoms with Gasteiger partial charge in [-0.3, -0.25) is 0 Å². The second-order valence-electron chi connectivity index (χ2n) is 12.5. The van der Waals surface area contributed by atoms with Crippen molar-refractivity contribution in [2.24, 2.45) is 0 Å². The van der Waals surface area contributed by atoms with E-state index in [-0.39, 0.29) is 0 Å². The van der Waals surface area contributed by atoms with Crippen LogP contribution in [0, 0.1) is 0 Å². The molecule has 0 fully saturated rings. The van der Waals surface area contributed by atoms with Crippen molar-refractivity contribution in [1.29, 1.82) is 0 Å². The van der Waals surface area contributed by atoms with Gasteiger partial charge in [0.1, 0.15) is 11.2 Å². The molecule has 3 heteroatoms. The molecule has 10 rings (SSSR count). The Morgan fingerprint density at radius 1 is 0.429 bits per heavy atom. The second-order valence-corrected chi connectivity index (χ2v) is 12.5. The van der Waals surface area contributed by atoms with Crippen molar-refractivity contribution >= 4 is 71.6 Å². The zero-order chi connectivity index (χ0) is 32.3. The number of fused-ring (bicyclic) bond motifs is 7. The highest BCUT2D eigenvalue weighted by Crippen LogP contribution is 2.45. The Hall–Kier alpha value is -6.58. The van der Waals surface area contributed by atoms with Gasteiger partial charge in [-0.05, 0) is 76.5 Å². The Bertz CT molecular complexity index is 2820. The largest absolute Gasteiger partial charge is 0.456 e. The van der Waals surface area contributed by atoms with Crippen molar-refractivity contribution in [3.05, 3.63) is 182 Å². The molecule has 0 N–H and O–H groups in total. The van der Waals surface area contributed by atoms with E-state index in [1.54, 1.807) is 0 Å². The van der Waals surface area contributed by atoms with Gasteiger partial charge in [0.15, 0.2) is 0 Å². The van der Waals surface area contributed by atoms with Crippen molar-refractivity contribution < 1.29 is 4.42 Å². The number of hydrogen-bond acceptors (Lipinski definition) is 2. The third-order valence-corrected chi connectivity index (χ3v) is 9.78. The summed E-state index contributed by atoms with van der Waals surface area (Å²) in [5.74, 6) is 0. The van der Waals surface area contributed by atoms with Crippen LogP contribution in [0.25, 0.3) is 71.3 Å². The molecule has 49 heavy (non-hydrogen) atoms. The molecule has 0 aliphatic carbocycles. The maximum Gasteiger partial charge on any atom is 0.137 e. The monoisotopic (exact) mass is 626 g/mol. The third kappa shape index (κ3) is 4.37. The van der Waals surface area contributed by atoms with Crippen LogP contribution in [0.5, 0.6) is 0 Å². The Kier molecular flexibility index (Phi) is 6.18. The molecule has 0 unspecified atom stereocenters. The SMILES string of the molecule is c1ccc(-n2c3ccccc3c3cccc(N(c4ccc(-c5cccc6ccccc56)cc4)c4ccc5c(c4)oc4ccccc45)c32)cc1. The summed E-state index contributed by atoms with van der Waals surface area (Å²) in [5, 5.41) is 7.16. The quantitative estimate of drug-likeness (QED) is 0.190. The molecule has 10 aromatic rings. The summed E-state index contributed by atoms with van der Waals surface area (Å²) in [5.41, 5.74) is 10.8. The Labute approximate surface area is 283 Å². The van der Waals surface area contributed by atoms with Crippen molar-refractivity contribution in [3.8, 4) is 16.8 Å². The summed E-state index contributed by atoms with van der Waals surface area (Å²) >= 11 is 0. The first-order chi connectivity index (χ1) is 24.3. The molecule has 3 nitrogen and oxygen atoms in total. The lowest BCUT2D eigenvalue weighted by Crippen LogP contribution is -2.11. The summed E-state index contributed by atoms with van der Waals surface area (Å²) in [4.78, 5) is 2.38. The summed E-state index contributed by atoms with van der Waals surface area (Å²) in [6.07, 6.45) is 0. The number of anilines is 3. The molecule has 0 spiro atoms. The zero-order valence-corrected chi connectivity index (χ0v) is 26.6. The smallest absolute Gasteiger partial charge is 0.137 e. The molecule has 0 aliphatic heterocycles. The van der Waals surface area contributed by atoms with Gasteiger partial charge in [-0.15, -0.1) is 0 Å². The lowest BCUT2D eigenvalue weighted by molar-refractivity contribution is 0.669. The summed E-state index contributed by atoms with van der Waals surface area (Å²) in [6, 6.07) is 65.0. The van der Waals surface area contributed by atoms with Crippen LogP contribution in [0.3, 0.4) is 0 Å². The topological polar surface area (TPSA) is 21.3 Å². The number of benzene rings is 8. The molecule has 0 aliphatic rings. The standard InChI is InChI=1S/C46H30N2O/c1-2-14-33(15-3-1)48-42-21-8-6-17-38(42)41-20-11-22-43(46(41)48)47(35-28-29-40-39-18-7-9-23-44(39)49-45(40)30-35)34-26-24-32(25-27-34)37-19-10-13-31-12-4-5-16-36(31)37/h1-30H. The van der Waals surface area contributed by atoms with Crippen LogP contribution in [0.4, 0.5) is 17.1 Å². The minimum atomic E-state index is 0.867. The predicted octanol–water partition coefficient (Wildman–Crippen LogP) is 13.0. The van der Waals surface area contributed by atoms with E-state index in [1.807, 2.05) is 12.1 Å². The number of furan rings is 1. The Balaban J connectivity index is 1.24. The van der Waals surface area contributed by atoms with Crippen LogP contribution in [0.2, 0.25) is 0 Å². The molecule has 2 aromatic heterocycles. The number of rotatable bonds is 5. The highest BCUT2D eigenvalue weighted by Gasteiger charge is 2.22. The fourth-order valence-corrected chi connectivity index (χ4v) is 7.57. The maximum atomic E-state index is 6.43. The van der Waals surface area contributed by atoms with E-state index in [1.165, 1.54) is 38.2 Å². The molecule has 230 valence electrons. The molecular weight excluding hydrogens is 597 g/mol. The fourth-order valence-electron chi connectivity index (χ4n) is 7.57. The van der Waals surface area contributed by atoms with Gasteiger partial charge in [0.2, 0.25) is 0 Å². The van der Waals surface area contributed by atoms with Crippen LogP contribution in [-0.2, 0) is 0 Å². The van der Waals surface area contributed by atoms with E-state index in [0.29, 0.717) is 0 Å². The van der Waals surface area contributed by atoms with Gasteiger partial charge >= 0.3 is 0 Å². The number of hydrogen-bond donors (Lipinski definition) is 0. The zero-order valence-electron chi connectivity index (χ0n) is 26.6. The van der Waals surface area contributed by atoms with E-state index in [2.05, 4.69) is 179 Å². The van der Waals surface area contributed by atoms with Gasteiger partial charge in [-0.2, -0.15) is 0 Å². The number of para-hydroxylation sites is 4. The fraction of sp³-hybridized carbons (Fsp3) is 0. The molecule has 0 saturated heterocycles. The number of aromatic nitrogens is 1. The summed E-state index contributed by atoms with van der Waals surface area (Å²) in [7, 11) is 0. The first-order valence-corrected chi connectivity index (χ1v) is 16.7. The first kappa shape index (κ1) is 27.5. The van der Waals surface area contributed by atoms with Crippen LogP contribution in [-0.4, -0.2) is 4.57 Å². The molecular formula is C46H30N2O. The molecule has 0 saturated carbocycles. The molecule has 8 aromatic carbocycles. The van der Waals surface area contributed by atoms with Crippen LogP contribution < -0.4 is 4.90 Å². The van der Waals surface area contributed by atoms with Gasteiger partial charge in [0, 0.05) is 44.7 Å². The highest BCUT2D eigenvalue weighted by atomic mass is 16.3. The van der Waals surface area contributed by atoms with E-state index < -0.39 is 0 Å². The minimum absolute atomic E-state index is 0.867. The Morgan fingerprint density at radius 3 is 1.96 bits per heavy atom. The van der Waals surface area contributed by atoms with Crippen molar-refractivity contribution in [1.82, 2.24) is 4.57 Å². The van der Waals surface area contributed by atoms with E-state index in [0.717, 1.165) is 50.2 Å². The summed E-state index contributed by atoms with van der Waals surface area (Å²) in [6.45, 7) is 0. The van der Waals surface area contributed by atoms with E-state index >= 15 is 0 Å². The van der Waals surface area contributed by atoms with Gasteiger partial charge in [0.25, 0.3) is 0 Å². The number of nitrogens with zero attached hydrogens (tertiary/aromatic N) is 2. The lowest BCUT2D eigenvalue weighted by Gasteiger charge is -2.27. The highest BCUT2D eigenvalue weighted by molar-refractivity contribution is 6.15. The normalized spacial score (nSPS) is 11.7. The third-order valence-electron chi connectivity index (χ3n) is 9.78. The maximum absolute atomic E-state index is 6.43. The van der Waals surface area contributed by atoms with Crippen LogP contribution >= 0.6 is 0 Å². The van der Waals surface area contributed by atoms with Crippen LogP contribution in [0.1, 0.15) is 0 Å². The average molecular weight is 627 g/mol. The van der Waals surface area contributed by atoms with E-state index in [4.69, 9.17) is 4.42 Å². The van der Waals surface area contributed by atoms with Gasteiger partial charge < -0.3 is 13.9 Å². The van der Waals surface area contributed by atoms with Crippen molar-refractivity contribution in [3.63, 3.8) is 0 Å². The minimum Gasteiger partial charge on any atom is -0.456 e. The molecule has 0 radical (unpaired) electrons. The van der Waals surface area contributed by atoms with Crippen LogP contribution in [0.15, 0.2) is 186 Å². The van der Waals surface area contributed by atoms with Gasteiger partial charge in [0.05, 0.1) is 16.7 Å². The van der Waals surface area contributed by atoms with E-state index in [9.17, 15) is 0 Å². The average Bonchev–Trinajstić information content (AvgIpc) is 3.71. The molecule has 0 amide bonds. The lowest BCUT2D eigenvalue weighted by atomic mass is 9.98. The summed E-state index contributed by atoms with van der Waals surface area (Å²) < 4.78 is 8.83. The first-order valence-electron chi connectivity index (χ1n) is 16.7. The second kappa shape index (κ2) is 11.0. The Morgan fingerprint density at radius 2 is 1.08 bits per heavy atom. The molecule has 2 heterocycles. The van der Waals surface area contributed by atoms with Crippen molar-refractivity contribution in [2.75, 3.05) is 4.90 Å². The van der Waals surface area contributed by atoms with Gasteiger partial charge in [-0.25, -0.2) is 0 Å². The predicted molar refractivity (Wildman–Crippen MR) is 206 cm³/mol. The van der Waals surface area contributed by atoms with Gasteiger partial charge in [-0.1, -0.05) is 121 Å².